The van der Waals surface area contributed by atoms with Gasteiger partial charge in [-0.3, -0.25) is 9.78 Å². The number of nitrogens with zero attached hydrogens (tertiary/aromatic N) is 2. The molecule has 0 radical (unpaired) electrons. The number of fused-ring (bicyclic) bond motifs is 1. The Morgan fingerprint density at radius 1 is 1.30 bits per heavy atom. The zero-order chi connectivity index (χ0) is 16.6. The third kappa shape index (κ3) is 2.94. The van der Waals surface area contributed by atoms with E-state index < -0.39 is 21.9 Å². The van der Waals surface area contributed by atoms with Gasteiger partial charge in [0, 0.05) is 24.2 Å². The Bertz CT molecular complexity index is 864. The number of carboxylic acid groups (broad SMARTS) is 1. The number of piperidine rings is 1. The van der Waals surface area contributed by atoms with Gasteiger partial charge in [0.15, 0.2) is 0 Å². The van der Waals surface area contributed by atoms with Crippen molar-refractivity contribution in [3.8, 4) is 0 Å². The maximum atomic E-state index is 13.0. The smallest absolute Gasteiger partial charge is 0.307 e. The van der Waals surface area contributed by atoms with Crippen LogP contribution in [0.2, 0.25) is 0 Å². The number of aryl methyl sites for hydroxylation is 1. The topological polar surface area (TPSA) is 87.6 Å². The van der Waals surface area contributed by atoms with E-state index in [-0.39, 0.29) is 11.4 Å². The average Bonchev–Trinajstić information content (AvgIpc) is 2.54. The number of aliphatic carboxylic acids is 1. The van der Waals surface area contributed by atoms with Crippen molar-refractivity contribution in [1.29, 1.82) is 0 Å². The van der Waals surface area contributed by atoms with Gasteiger partial charge in [-0.15, -0.1) is 0 Å². The third-order valence-corrected chi connectivity index (χ3v) is 6.07. The fourth-order valence-electron chi connectivity index (χ4n) is 2.93. The van der Waals surface area contributed by atoms with E-state index in [0.717, 1.165) is 11.1 Å². The van der Waals surface area contributed by atoms with Crippen molar-refractivity contribution in [1.82, 2.24) is 9.29 Å². The van der Waals surface area contributed by atoms with Gasteiger partial charge in [0.05, 0.1) is 11.4 Å². The van der Waals surface area contributed by atoms with Crippen LogP contribution in [0, 0.1) is 12.8 Å². The zero-order valence-electron chi connectivity index (χ0n) is 12.8. The summed E-state index contributed by atoms with van der Waals surface area (Å²) in [6, 6.07) is 8.71. The molecule has 2 aromatic rings. The standard InChI is InChI=1S/C16H18N2O4S/c1-11-7-8-12-4-2-6-14(15(12)17-11)23(21,22)18-9-3-5-13(10-18)16(19)20/h2,4,6-8,13H,3,5,9-10H2,1H3,(H,19,20)/t13-/m1/s1. The minimum Gasteiger partial charge on any atom is -0.481 e. The van der Waals surface area contributed by atoms with Gasteiger partial charge in [-0.1, -0.05) is 18.2 Å². The van der Waals surface area contributed by atoms with E-state index in [4.69, 9.17) is 5.11 Å². The van der Waals surface area contributed by atoms with Crippen molar-refractivity contribution in [3.05, 3.63) is 36.0 Å². The van der Waals surface area contributed by atoms with Crippen molar-refractivity contribution >= 4 is 26.9 Å². The molecule has 0 aliphatic carbocycles. The Morgan fingerprint density at radius 2 is 2.09 bits per heavy atom. The molecule has 3 rings (SSSR count). The molecule has 1 saturated heterocycles. The van der Waals surface area contributed by atoms with Gasteiger partial charge in [0.25, 0.3) is 0 Å². The molecule has 1 aliphatic rings. The lowest BCUT2D eigenvalue weighted by molar-refractivity contribution is -0.142. The summed E-state index contributed by atoms with van der Waals surface area (Å²) in [6.07, 6.45) is 1.06. The lowest BCUT2D eigenvalue weighted by atomic mass is 10.0. The quantitative estimate of drug-likeness (QED) is 0.928. The van der Waals surface area contributed by atoms with Crippen molar-refractivity contribution in [2.24, 2.45) is 5.92 Å². The van der Waals surface area contributed by atoms with Crippen LogP contribution in [0.3, 0.4) is 0 Å². The molecule has 23 heavy (non-hydrogen) atoms. The molecule has 1 fully saturated rings. The molecule has 0 saturated carbocycles. The number of benzene rings is 1. The van der Waals surface area contributed by atoms with E-state index >= 15 is 0 Å². The molecule has 0 spiro atoms. The van der Waals surface area contributed by atoms with E-state index in [1.165, 1.54) is 10.4 Å². The Kier molecular flexibility index (Phi) is 4.08. The number of hydrogen-bond donors (Lipinski definition) is 1. The third-order valence-electron chi connectivity index (χ3n) is 4.17. The fraction of sp³-hybridized carbons (Fsp3) is 0.375. The van der Waals surface area contributed by atoms with Crippen molar-refractivity contribution < 1.29 is 18.3 Å². The highest BCUT2D eigenvalue weighted by molar-refractivity contribution is 7.89. The summed E-state index contributed by atoms with van der Waals surface area (Å²) in [6.45, 7) is 2.17. The molecule has 0 amide bonds. The molecule has 2 heterocycles. The normalized spacial score (nSPS) is 19.8. The first-order chi connectivity index (χ1) is 10.9. The summed E-state index contributed by atoms with van der Waals surface area (Å²) in [5, 5.41) is 9.92. The monoisotopic (exact) mass is 334 g/mol. The molecule has 0 bridgehead atoms. The van der Waals surface area contributed by atoms with Crippen molar-refractivity contribution in [3.63, 3.8) is 0 Å². The number of carboxylic acids is 1. The number of sulfonamides is 1. The van der Waals surface area contributed by atoms with E-state index in [2.05, 4.69) is 4.98 Å². The lowest BCUT2D eigenvalue weighted by Gasteiger charge is -2.30. The van der Waals surface area contributed by atoms with Crippen LogP contribution in [0.5, 0.6) is 0 Å². The number of rotatable bonds is 3. The summed E-state index contributed by atoms with van der Waals surface area (Å²) >= 11 is 0. The summed E-state index contributed by atoms with van der Waals surface area (Å²) in [5.74, 6) is -1.60. The van der Waals surface area contributed by atoms with Crippen LogP contribution in [0.15, 0.2) is 35.2 Å². The summed E-state index contributed by atoms with van der Waals surface area (Å²) < 4.78 is 27.2. The summed E-state index contributed by atoms with van der Waals surface area (Å²) in [4.78, 5) is 15.7. The second-order valence-corrected chi connectivity index (χ2v) is 7.73. The number of para-hydroxylation sites is 1. The minimum atomic E-state index is -3.76. The number of aromatic nitrogens is 1. The summed E-state index contributed by atoms with van der Waals surface area (Å²) in [5.41, 5.74) is 1.17. The number of pyridine rings is 1. The van der Waals surface area contributed by atoms with Crippen LogP contribution in [-0.4, -0.2) is 41.9 Å². The second kappa shape index (κ2) is 5.90. The zero-order valence-corrected chi connectivity index (χ0v) is 13.6. The van der Waals surface area contributed by atoms with Crippen molar-refractivity contribution in [2.75, 3.05) is 13.1 Å². The molecule has 1 atom stereocenters. The molecule has 7 heteroatoms. The molecule has 1 aliphatic heterocycles. The van der Waals surface area contributed by atoms with Crippen LogP contribution in [0.25, 0.3) is 10.9 Å². The van der Waals surface area contributed by atoms with Gasteiger partial charge in [-0.2, -0.15) is 4.31 Å². The van der Waals surface area contributed by atoms with Gasteiger partial charge < -0.3 is 5.11 Å². The predicted octanol–water partition coefficient (Wildman–Crippen LogP) is 2.03. The maximum Gasteiger partial charge on any atom is 0.307 e. The highest BCUT2D eigenvalue weighted by Crippen LogP contribution is 2.28. The molecule has 1 aromatic heterocycles. The first kappa shape index (κ1) is 15.9. The molecule has 0 unspecified atom stereocenters. The van der Waals surface area contributed by atoms with Gasteiger partial charge in [-0.05, 0) is 31.9 Å². The Balaban J connectivity index is 2.06. The van der Waals surface area contributed by atoms with Crippen molar-refractivity contribution in [2.45, 2.75) is 24.7 Å². The predicted molar refractivity (Wildman–Crippen MR) is 85.6 cm³/mol. The lowest BCUT2D eigenvalue weighted by Crippen LogP contribution is -2.42. The Hall–Kier alpha value is -1.99. The molecular weight excluding hydrogens is 316 g/mol. The molecular formula is C16H18N2O4S. The van der Waals surface area contributed by atoms with Crippen LogP contribution in [0.4, 0.5) is 0 Å². The van der Waals surface area contributed by atoms with Gasteiger partial charge in [0.2, 0.25) is 10.0 Å². The van der Waals surface area contributed by atoms with E-state index in [9.17, 15) is 13.2 Å². The molecule has 1 N–H and O–H groups in total. The van der Waals surface area contributed by atoms with E-state index in [1.54, 1.807) is 6.07 Å². The first-order valence-corrected chi connectivity index (χ1v) is 8.93. The fourth-order valence-corrected chi connectivity index (χ4v) is 4.61. The highest BCUT2D eigenvalue weighted by atomic mass is 32.2. The van der Waals surface area contributed by atoms with Crippen LogP contribution >= 0.6 is 0 Å². The van der Waals surface area contributed by atoms with Crippen LogP contribution < -0.4 is 0 Å². The minimum absolute atomic E-state index is 0.0138. The van der Waals surface area contributed by atoms with Crippen LogP contribution in [-0.2, 0) is 14.8 Å². The number of hydrogen-bond acceptors (Lipinski definition) is 4. The molecule has 6 nitrogen and oxygen atoms in total. The van der Waals surface area contributed by atoms with Gasteiger partial charge >= 0.3 is 5.97 Å². The summed E-state index contributed by atoms with van der Waals surface area (Å²) in [7, 11) is -3.76. The largest absolute Gasteiger partial charge is 0.481 e. The second-order valence-electron chi connectivity index (χ2n) is 5.82. The maximum absolute atomic E-state index is 13.0. The van der Waals surface area contributed by atoms with E-state index in [0.29, 0.717) is 24.9 Å². The highest BCUT2D eigenvalue weighted by Gasteiger charge is 2.34. The van der Waals surface area contributed by atoms with E-state index in [1.807, 2.05) is 25.1 Å². The Labute approximate surface area is 134 Å². The van der Waals surface area contributed by atoms with Crippen LogP contribution in [0.1, 0.15) is 18.5 Å². The van der Waals surface area contributed by atoms with Gasteiger partial charge in [-0.25, -0.2) is 8.42 Å². The Morgan fingerprint density at radius 3 is 2.83 bits per heavy atom. The first-order valence-electron chi connectivity index (χ1n) is 7.49. The SMILES string of the molecule is Cc1ccc2cccc(S(=O)(=O)N3CCC[C@@H](C(=O)O)C3)c2n1. The number of carbonyl (C=O) groups is 1. The molecule has 1 aromatic carbocycles. The average molecular weight is 334 g/mol. The molecule has 122 valence electrons. The van der Waals surface area contributed by atoms with Gasteiger partial charge in [0.1, 0.15) is 4.90 Å².